The molecule has 1 aromatic carbocycles. The fourth-order valence-electron chi connectivity index (χ4n) is 4.27. The summed E-state index contributed by atoms with van der Waals surface area (Å²) in [5, 5.41) is 1.14. The number of hydrogen-bond donors (Lipinski definition) is 0. The average Bonchev–Trinajstić information content (AvgIpc) is 3.22. The highest BCUT2D eigenvalue weighted by atomic mass is 32.2. The zero-order valence-electron chi connectivity index (χ0n) is 15.9. The molecular formula is C21H27N3O2S. The Labute approximate surface area is 164 Å². The summed E-state index contributed by atoms with van der Waals surface area (Å²) in [7, 11) is 0. The van der Waals surface area contributed by atoms with Crippen molar-refractivity contribution in [3.05, 3.63) is 34.6 Å². The van der Waals surface area contributed by atoms with Gasteiger partial charge in [-0.1, -0.05) is 36.7 Å². The minimum atomic E-state index is -0.233. The van der Waals surface area contributed by atoms with E-state index < -0.39 is 0 Å². The molecule has 6 heteroatoms. The van der Waals surface area contributed by atoms with Crippen LogP contribution in [0.1, 0.15) is 57.9 Å². The molecule has 144 valence electrons. The molecule has 2 heterocycles. The van der Waals surface area contributed by atoms with E-state index in [1.807, 2.05) is 40.7 Å². The first-order chi connectivity index (χ1) is 13.1. The number of para-hydroxylation sites is 1. The lowest BCUT2D eigenvalue weighted by Gasteiger charge is -2.29. The Hall–Kier alpha value is -1.82. The summed E-state index contributed by atoms with van der Waals surface area (Å²) < 4.78 is 1.87. The molecule has 2 aromatic rings. The lowest BCUT2D eigenvalue weighted by molar-refractivity contribution is -0.131. The maximum Gasteiger partial charge on any atom is 0.262 e. The zero-order valence-corrected chi connectivity index (χ0v) is 16.7. The molecule has 1 aliphatic heterocycles. The summed E-state index contributed by atoms with van der Waals surface area (Å²) >= 11 is 1.45. The van der Waals surface area contributed by atoms with Gasteiger partial charge in [0.25, 0.3) is 5.56 Å². The third-order valence-corrected chi connectivity index (χ3v) is 6.82. The molecule has 0 unspecified atom stereocenters. The summed E-state index contributed by atoms with van der Waals surface area (Å²) in [5.41, 5.74) is 0.754. The van der Waals surface area contributed by atoms with Crippen LogP contribution in [0.15, 0.2) is 34.2 Å². The van der Waals surface area contributed by atoms with E-state index in [1.54, 1.807) is 0 Å². The van der Waals surface area contributed by atoms with Gasteiger partial charge in [-0.3, -0.25) is 14.2 Å². The van der Waals surface area contributed by atoms with E-state index in [4.69, 9.17) is 4.98 Å². The van der Waals surface area contributed by atoms with E-state index >= 15 is 0 Å². The maximum atomic E-state index is 13.2. The third kappa shape index (κ3) is 3.77. The highest BCUT2D eigenvalue weighted by Crippen LogP contribution is 2.33. The molecule has 1 aromatic heterocycles. The second-order valence-corrected chi connectivity index (χ2v) is 8.98. The Bertz CT molecular complexity index is 883. The van der Waals surface area contributed by atoms with Gasteiger partial charge in [0.2, 0.25) is 5.91 Å². The van der Waals surface area contributed by atoms with Crippen LogP contribution in [0.4, 0.5) is 0 Å². The predicted octanol–water partition coefficient (Wildman–Crippen LogP) is 4.00. The van der Waals surface area contributed by atoms with Gasteiger partial charge in [-0.15, -0.1) is 0 Å². The second kappa shape index (κ2) is 8.05. The van der Waals surface area contributed by atoms with Crippen molar-refractivity contribution in [2.75, 3.05) is 13.1 Å². The fraction of sp³-hybridized carbons (Fsp3) is 0.571. The Kier molecular flexibility index (Phi) is 5.53. The van der Waals surface area contributed by atoms with Gasteiger partial charge in [0.15, 0.2) is 5.16 Å². The fourth-order valence-corrected chi connectivity index (χ4v) is 5.34. The molecule has 1 aliphatic carbocycles. The summed E-state index contributed by atoms with van der Waals surface area (Å²) in [5.74, 6) is 0.167. The number of rotatable bonds is 4. The number of fused-ring (bicyclic) bond motifs is 1. The molecule has 1 saturated carbocycles. The van der Waals surface area contributed by atoms with Gasteiger partial charge in [-0.25, -0.2) is 4.98 Å². The Balaban J connectivity index is 1.68. The Morgan fingerprint density at radius 1 is 1.11 bits per heavy atom. The van der Waals surface area contributed by atoms with Crippen molar-refractivity contribution in [1.82, 2.24) is 14.5 Å². The largest absolute Gasteiger partial charge is 0.342 e. The smallest absolute Gasteiger partial charge is 0.262 e. The molecule has 2 aliphatic rings. The Morgan fingerprint density at radius 3 is 2.56 bits per heavy atom. The lowest BCUT2D eigenvalue weighted by Crippen LogP contribution is -2.40. The quantitative estimate of drug-likeness (QED) is 0.589. The van der Waals surface area contributed by atoms with Gasteiger partial charge in [-0.05, 0) is 51.2 Å². The average molecular weight is 386 g/mol. The van der Waals surface area contributed by atoms with Crippen molar-refractivity contribution < 1.29 is 4.79 Å². The molecule has 5 nitrogen and oxygen atoms in total. The zero-order chi connectivity index (χ0) is 18.8. The van der Waals surface area contributed by atoms with Crippen molar-refractivity contribution in [1.29, 1.82) is 0 Å². The number of piperidine rings is 1. The van der Waals surface area contributed by atoms with Crippen molar-refractivity contribution in [3.8, 4) is 0 Å². The molecule has 2 fully saturated rings. The van der Waals surface area contributed by atoms with Gasteiger partial charge in [-0.2, -0.15) is 0 Å². The minimum absolute atomic E-state index is 0.0348. The van der Waals surface area contributed by atoms with Crippen molar-refractivity contribution >= 4 is 28.6 Å². The molecule has 1 saturated heterocycles. The van der Waals surface area contributed by atoms with Crippen molar-refractivity contribution in [2.45, 2.75) is 68.3 Å². The van der Waals surface area contributed by atoms with Crippen molar-refractivity contribution in [3.63, 3.8) is 0 Å². The third-order valence-electron chi connectivity index (χ3n) is 5.76. The number of carbonyl (C=O) groups excluding carboxylic acids is 1. The van der Waals surface area contributed by atoms with E-state index in [9.17, 15) is 9.59 Å². The normalized spacial score (nSPS) is 19.5. The number of hydrogen-bond acceptors (Lipinski definition) is 4. The standard InChI is InChI=1S/C21H27N3O2S/c1-15(19(25)23-13-7-2-8-14-23)27-21-22-18-12-6-5-11-17(18)20(26)24(21)16-9-3-4-10-16/h5-6,11-12,15-16H,2-4,7-10,13-14H2,1H3/t15-/m1/s1. The first-order valence-electron chi connectivity index (χ1n) is 10.1. The van der Waals surface area contributed by atoms with Crippen LogP contribution in [-0.4, -0.2) is 38.7 Å². The van der Waals surface area contributed by atoms with Crippen LogP contribution >= 0.6 is 11.8 Å². The van der Waals surface area contributed by atoms with Crippen LogP contribution in [0.5, 0.6) is 0 Å². The molecule has 0 spiro atoms. The van der Waals surface area contributed by atoms with E-state index in [2.05, 4.69) is 0 Å². The van der Waals surface area contributed by atoms with E-state index in [1.165, 1.54) is 18.2 Å². The lowest BCUT2D eigenvalue weighted by atomic mass is 10.1. The molecular weight excluding hydrogens is 358 g/mol. The number of carbonyl (C=O) groups is 1. The number of benzene rings is 1. The first-order valence-corrected chi connectivity index (χ1v) is 11.0. The van der Waals surface area contributed by atoms with Crippen molar-refractivity contribution in [2.24, 2.45) is 0 Å². The summed E-state index contributed by atoms with van der Waals surface area (Å²) in [6.45, 7) is 3.65. The minimum Gasteiger partial charge on any atom is -0.342 e. The molecule has 0 radical (unpaired) electrons. The van der Waals surface area contributed by atoms with Crippen LogP contribution in [0.25, 0.3) is 10.9 Å². The highest BCUT2D eigenvalue weighted by Gasteiger charge is 2.28. The Morgan fingerprint density at radius 2 is 1.81 bits per heavy atom. The van der Waals surface area contributed by atoms with Crippen LogP contribution in [0.2, 0.25) is 0 Å². The summed E-state index contributed by atoms with van der Waals surface area (Å²) in [6.07, 6.45) is 7.71. The molecule has 27 heavy (non-hydrogen) atoms. The van der Waals surface area contributed by atoms with E-state index in [-0.39, 0.29) is 22.8 Å². The molecule has 1 amide bonds. The number of amides is 1. The molecule has 0 N–H and O–H groups in total. The molecule has 1 atom stereocenters. The summed E-state index contributed by atoms with van der Waals surface area (Å²) in [4.78, 5) is 32.9. The predicted molar refractivity (Wildman–Crippen MR) is 109 cm³/mol. The highest BCUT2D eigenvalue weighted by molar-refractivity contribution is 8.00. The maximum absolute atomic E-state index is 13.2. The number of likely N-dealkylation sites (tertiary alicyclic amines) is 1. The van der Waals surface area contributed by atoms with Gasteiger partial charge in [0.1, 0.15) is 0 Å². The van der Waals surface area contributed by atoms with Crippen LogP contribution in [0.3, 0.4) is 0 Å². The topological polar surface area (TPSA) is 55.2 Å². The number of aromatic nitrogens is 2. The number of nitrogens with zero attached hydrogens (tertiary/aromatic N) is 3. The van der Waals surface area contributed by atoms with Gasteiger partial charge in [0, 0.05) is 19.1 Å². The summed E-state index contributed by atoms with van der Waals surface area (Å²) in [6, 6.07) is 7.74. The van der Waals surface area contributed by atoms with Crippen LogP contribution < -0.4 is 5.56 Å². The SMILES string of the molecule is C[C@@H](Sc1nc2ccccc2c(=O)n1C1CCCC1)C(=O)N1CCCCC1. The number of thioether (sulfide) groups is 1. The van der Waals surface area contributed by atoms with Crippen LogP contribution in [-0.2, 0) is 4.79 Å². The molecule has 4 rings (SSSR count). The molecule has 0 bridgehead atoms. The van der Waals surface area contributed by atoms with E-state index in [0.29, 0.717) is 10.5 Å². The van der Waals surface area contributed by atoms with E-state index in [0.717, 1.165) is 57.1 Å². The van der Waals surface area contributed by atoms with Gasteiger partial charge in [0.05, 0.1) is 16.2 Å². The van der Waals surface area contributed by atoms with Gasteiger partial charge < -0.3 is 4.90 Å². The second-order valence-electron chi connectivity index (χ2n) is 7.67. The monoisotopic (exact) mass is 385 g/mol. The van der Waals surface area contributed by atoms with Crippen LogP contribution in [0, 0.1) is 0 Å². The van der Waals surface area contributed by atoms with Gasteiger partial charge >= 0.3 is 0 Å². The first kappa shape index (κ1) is 18.5.